The normalized spacial score (nSPS) is 17.0. The highest BCUT2D eigenvalue weighted by Gasteiger charge is 2.63. The zero-order valence-corrected chi connectivity index (χ0v) is 19.2. The van der Waals surface area contributed by atoms with E-state index in [1.54, 1.807) is 6.07 Å². The third-order valence-electron chi connectivity index (χ3n) is 5.47. The van der Waals surface area contributed by atoms with E-state index < -0.39 is 68.4 Å². The number of alkyl halides is 5. The Morgan fingerprint density at radius 2 is 1.75 bits per heavy atom. The molecule has 1 aliphatic carbocycles. The van der Waals surface area contributed by atoms with Crippen molar-refractivity contribution in [2.24, 2.45) is 0 Å². The van der Waals surface area contributed by atoms with Crippen LogP contribution in [-0.4, -0.2) is 48.7 Å². The Kier molecular flexibility index (Phi) is 7.66. The Morgan fingerprint density at radius 3 is 2.25 bits per heavy atom. The molecule has 0 saturated heterocycles. The minimum atomic E-state index is -6.10. The smallest absolute Gasteiger partial charge is 0.336 e. The van der Waals surface area contributed by atoms with Gasteiger partial charge in [-0.25, -0.2) is 12.8 Å². The minimum absolute atomic E-state index is 0.0584. The summed E-state index contributed by atoms with van der Waals surface area (Å²) in [6.07, 6.45) is -4.41. The lowest BCUT2D eigenvalue weighted by atomic mass is 9.98. The maximum Gasteiger partial charge on any atom is 0.455 e. The first-order valence-electron chi connectivity index (χ1n) is 10.5. The molecule has 1 aliphatic rings. The quantitative estimate of drug-likeness (QED) is 0.453. The highest BCUT2D eigenvalue weighted by molar-refractivity contribution is 7.90. The van der Waals surface area contributed by atoms with Crippen molar-refractivity contribution in [1.82, 2.24) is 15.6 Å². The second-order valence-corrected chi connectivity index (χ2v) is 10.5. The summed E-state index contributed by atoms with van der Waals surface area (Å²) < 4.78 is 108. The fraction of sp³-hybridized carbons (Fsp3) is 0.409. The number of benzene rings is 1. The van der Waals surface area contributed by atoms with Gasteiger partial charge in [-0.1, -0.05) is 18.2 Å². The number of amides is 1. The van der Waals surface area contributed by atoms with Crippen molar-refractivity contribution in [3.05, 3.63) is 65.7 Å². The number of aromatic nitrogens is 1. The van der Waals surface area contributed by atoms with Gasteiger partial charge in [0.05, 0.1) is 23.3 Å². The molecule has 1 saturated carbocycles. The number of rotatable bonds is 10. The maximum absolute atomic E-state index is 14.6. The first kappa shape index (κ1) is 27.4. The van der Waals surface area contributed by atoms with Crippen LogP contribution in [0, 0.1) is 17.1 Å². The number of hydrogen-bond donors (Lipinski definition) is 2. The summed E-state index contributed by atoms with van der Waals surface area (Å²) in [5, 5.41) is 13.3. The van der Waals surface area contributed by atoms with E-state index in [9.17, 15) is 44.8 Å². The lowest BCUT2D eigenvalue weighted by molar-refractivity contribution is -0.294. The molecule has 2 atom stereocenters. The van der Waals surface area contributed by atoms with E-state index in [0.29, 0.717) is 24.3 Å². The largest absolute Gasteiger partial charge is 0.455 e. The molecular weight excluding hydrogens is 514 g/mol. The van der Waals surface area contributed by atoms with Gasteiger partial charge in [0.15, 0.2) is 9.84 Å². The number of pyridine rings is 1. The highest BCUT2D eigenvalue weighted by atomic mass is 32.2. The van der Waals surface area contributed by atoms with E-state index in [1.807, 2.05) is 5.32 Å². The Bertz CT molecular complexity index is 1230. The van der Waals surface area contributed by atoms with E-state index in [4.69, 9.17) is 0 Å². The van der Waals surface area contributed by atoms with Crippen LogP contribution in [0.25, 0.3) is 0 Å². The summed E-state index contributed by atoms with van der Waals surface area (Å²) in [7, 11) is -4.29. The first-order chi connectivity index (χ1) is 16.7. The molecule has 1 fully saturated rings. The van der Waals surface area contributed by atoms with Gasteiger partial charge >= 0.3 is 12.1 Å². The molecule has 2 N–H and O–H groups in total. The van der Waals surface area contributed by atoms with Crippen molar-refractivity contribution >= 4 is 15.7 Å². The number of carbonyl (C=O) groups excluding carboxylic acids is 1. The lowest BCUT2D eigenvalue weighted by Gasteiger charge is -2.33. The molecule has 0 spiro atoms. The van der Waals surface area contributed by atoms with Crippen molar-refractivity contribution in [3.63, 3.8) is 0 Å². The number of nitrogens with one attached hydrogen (secondary N) is 2. The Morgan fingerprint density at radius 1 is 1.11 bits per heavy atom. The fourth-order valence-corrected chi connectivity index (χ4v) is 4.86. The van der Waals surface area contributed by atoms with Crippen LogP contribution in [0.1, 0.15) is 30.1 Å². The first-order valence-corrected chi connectivity index (χ1v) is 12.3. The van der Waals surface area contributed by atoms with Gasteiger partial charge in [0.1, 0.15) is 23.4 Å². The Labute approximate surface area is 202 Å². The molecule has 1 aromatic carbocycles. The van der Waals surface area contributed by atoms with E-state index in [1.165, 1.54) is 24.4 Å². The van der Waals surface area contributed by atoms with Gasteiger partial charge in [0, 0.05) is 6.20 Å². The molecular formula is C22H20F6N4O3S. The van der Waals surface area contributed by atoms with Gasteiger partial charge in [-0.05, 0) is 42.7 Å². The van der Waals surface area contributed by atoms with E-state index >= 15 is 0 Å². The van der Waals surface area contributed by atoms with Crippen LogP contribution in [0.3, 0.4) is 0 Å². The fourth-order valence-electron chi connectivity index (χ4n) is 3.36. The molecule has 1 amide bonds. The summed E-state index contributed by atoms with van der Waals surface area (Å²) in [4.78, 5) is 16.7. The predicted molar refractivity (Wildman–Crippen MR) is 115 cm³/mol. The summed E-state index contributed by atoms with van der Waals surface area (Å²) in [6.45, 7) is 0. The van der Waals surface area contributed by atoms with E-state index in [2.05, 4.69) is 10.3 Å². The third-order valence-corrected chi connectivity index (χ3v) is 7.05. The van der Waals surface area contributed by atoms with Crippen LogP contribution in [-0.2, 0) is 20.4 Å². The van der Waals surface area contributed by atoms with Crippen molar-refractivity contribution in [2.75, 3.05) is 5.75 Å². The molecule has 0 aliphatic heterocycles. The molecule has 7 nitrogen and oxygen atoms in total. The van der Waals surface area contributed by atoms with E-state index in [-0.39, 0.29) is 18.5 Å². The summed E-state index contributed by atoms with van der Waals surface area (Å²) >= 11 is 0. The number of sulfone groups is 1. The molecule has 1 aromatic heterocycles. The molecule has 2 aromatic rings. The summed E-state index contributed by atoms with van der Waals surface area (Å²) in [5.41, 5.74) is -2.04. The van der Waals surface area contributed by atoms with Crippen molar-refractivity contribution in [1.29, 1.82) is 5.26 Å². The van der Waals surface area contributed by atoms with E-state index in [0.717, 1.165) is 0 Å². The van der Waals surface area contributed by atoms with Crippen LogP contribution in [0.15, 0.2) is 48.7 Å². The molecule has 0 radical (unpaired) electrons. The third kappa shape index (κ3) is 6.52. The second kappa shape index (κ2) is 10.1. The molecule has 1 heterocycles. The van der Waals surface area contributed by atoms with Crippen LogP contribution in [0.4, 0.5) is 26.3 Å². The van der Waals surface area contributed by atoms with Gasteiger partial charge in [-0.3, -0.25) is 15.1 Å². The standard InChI is InChI=1S/C22H20F6N4O3S/c23-15-6-4-14(5-7-15)18(21(24,25)22(26,27)28)31-17(19(33)32-20(13-29)8-9-20)12-36(34,35)11-16-3-1-2-10-30-16/h1-7,10,17-18,31H,8-9,11-12H2,(H,32,33)/t17?,18-/m1/s1. The average Bonchev–Trinajstić information content (AvgIpc) is 3.56. The zero-order chi connectivity index (χ0) is 26.8. The van der Waals surface area contributed by atoms with Gasteiger partial charge in [0.2, 0.25) is 5.91 Å². The van der Waals surface area contributed by atoms with Crippen LogP contribution in [0.2, 0.25) is 0 Å². The molecule has 3 rings (SSSR count). The SMILES string of the molecule is N#CC1(NC(=O)C(CS(=O)(=O)Cc2ccccn2)N[C@H](c2ccc(F)cc2)C(F)(F)C(F)(F)F)CC1. The van der Waals surface area contributed by atoms with Crippen molar-refractivity contribution < 1.29 is 39.6 Å². The van der Waals surface area contributed by atoms with Crippen LogP contribution < -0.4 is 10.6 Å². The van der Waals surface area contributed by atoms with Crippen LogP contribution >= 0.6 is 0 Å². The number of nitrogens with zero attached hydrogens (tertiary/aromatic N) is 2. The summed E-state index contributed by atoms with van der Waals surface area (Å²) in [5.74, 6) is -9.54. The topological polar surface area (TPSA) is 112 Å². The molecule has 0 bridgehead atoms. The van der Waals surface area contributed by atoms with Gasteiger partial charge in [0.25, 0.3) is 0 Å². The molecule has 36 heavy (non-hydrogen) atoms. The Hall–Kier alpha value is -3.18. The molecule has 1 unspecified atom stereocenters. The zero-order valence-electron chi connectivity index (χ0n) is 18.4. The maximum atomic E-state index is 14.6. The number of halogens is 6. The van der Waals surface area contributed by atoms with Gasteiger partial charge < -0.3 is 5.32 Å². The Balaban J connectivity index is 1.98. The highest BCUT2D eigenvalue weighted by Crippen LogP contribution is 2.45. The second-order valence-electron chi connectivity index (χ2n) is 8.38. The summed E-state index contributed by atoms with van der Waals surface area (Å²) in [6, 6.07) is 3.72. The van der Waals surface area contributed by atoms with Crippen LogP contribution in [0.5, 0.6) is 0 Å². The number of nitriles is 1. The molecule has 14 heteroatoms. The van der Waals surface area contributed by atoms with Gasteiger partial charge in [-0.15, -0.1) is 0 Å². The van der Waals surface area contributed by atoms with Crippen molar-refractivity contribution in [2.45, 2.75) is 48.3 Å². The lowest BCUT2D eigenvalue weighted by Crippen LogP contribution is -2.57. The number of hydrogen-bond acceptors (Lipinski definition) is 6. The van der Waals surface area contributed by atoms with Crippen molar-refractivity contribution in [3.8, 4) is 6.07 Å². The number of carbonyl (C=O) groups is 1. The minimum Gasteiger partial charge on any atom is -0.336 e. The average molecular weight is 534 g/mol. The monoisotopic (exact) mass is 534 g/mol. The van der Waals surface area contributed by atoms with Gasteiger partial charge in [-0.2, -0.15) is 27.2 Å². The predicted octanol–water partition coefficient (Wildman–Crippen LogP) is 3.20. The molecule has 194 valence electrons.